The molecule has 1 nitrogen and oxygen atoms in total. The van der Waals surface area contributed by atoms with Gasteiger partial charge < -0.3 is 5.32 Å². The topological polar surface area (TPSA) is 12.0 Å². The van der Waals surface area contributed by atoms with Crippen LogP contribution in [-0.2, 0) is 0 Å². The molecule has 0 aliphatic rings. The molecule has 0 aliphatic carbocycles. The Kier molecular flexibility index (Phi) is 6.43. The molecule has 1 N–H and O–H groups in total. The lowest BCUT2D eigenvalue weighted by Gasteiger charge is -2.30. The van der Waals surface area contributed by atoms with Gasteiger partial charge in [0.2, 0.25) is 0 Å². The molecule has 0 aromatic carbocycles. The van der Waals surface area contributed by atoms with Crippen LogP contribution in [0.1, 0.15) is 60.3 Å². The van der Waals surface area contributed by atoms with Crippen molar-refractivity contribution in [3.63, 3.8) is 0 Å². The van der Waals surface area contributed by atoms with Gasteiger partial charge in [0.25, 0.3) is 0 Å². The quantitative estimate of drug-likeness (QED) is 0.685. The van der Waals surface area contributed by atoms with Crippen LogP contribution in [0.5, 0.6) is 0 Å². The third-order valence-electron chi connectivity index (χ3n) is 3.28. The van der Waals surface area contributed by atoms with Gasteiger partial charge in [0.1, 0.15) is 0 Å². The van der Waals surface area contributed by atoms with Crippen molar-refractivity contribution in [2.45, 2.75) is 66.3 Å². The van der Waals surface area contributed by atoms with Crippen LogP contribution < -0.4 is 5.32 Å². The Morgan fingerprint density at radius 1 is 1.14 bits per heavy atom. The van der Waals surface area contributed by atoms with Crippen LogP contribution >= 0.6 is 0 Å². The van der Waals surface area contributed by atoms with Crippen LogP contribution in [0, 0.1) is 11.3 Å². The zero-order chi connectivity index (χ0) is 11.2. The highest BCUT2D eigenvalue weighted by Crippen LogP contribution is 2.24. The van der Waals surface area contributed by atoms with Crippen molar-refractivity contribution in [1.29, 1.82) is 0 Å². The van der Waals surface area contributed by atoms with Crippen LogP contribution in [0.25, 0.3) is 0 Å². The standard InChI is InChI=1S/C13H29N/c1-7-11(2)9-8-10-12(14-6)13(3,4)5/h11-12,14H,7-10H2,1-6H3. The zero-order valence-corrected chi connectivity index (χ0v) is 11.0. The van der Waals surface area contributed by atoms with Crippen molar-refractivity contribution in [2.24, 2.45) is 11.3 Å². The second kappa shape index (κ2) is 6.44. The third-order valence-corrected chi connectivity index (χ3v) is 3.28. The summed E-state index contributed by atoms with van der Waals surface area (Å²) in [4.78, 5) is 0. The lowest BCUT2D eigenvalue weighted by atomic mass is 9.83. The maximum Gasteiger partial charge on any atom is 0.0113 e. The Morgan fingerprint density at radius 3 is 2.07 bits per heavy atom. The summed E-state index contributed by atoms with van der Waals surface area (Å²) in [6.07, 6.45) is 5.37. The van der Waals surface area contributed by atoms with E-state index in [0.29, 0.717) is 11.5 Å². The minimum absolute atomic E-state index is 0.393. The Morgan fingerprint density at radius 2 is 1.71 bits per heavy atom. The summed E-state index contributed by atoms with van der Waals surface area (Å²) in [5.41, 5.74) is 0.393. The minimum Gasteiger partial charge on any atom is -0.316 e. The molecular weight excluding hydrogens is 170 g/mol. The summed E-state index contributed by atoms with van der Waals surface area (Å²) in [6.45, 7) is 11.6. The zero-order valence-electron chi connectivity index (χ0n) is 11.0. The molecule has 0 aromatic rings. The van der Waals surface area contributed by atoms with Crippen LogP contribution in [0.2, 0.25) is 0 Å². The predicted octanol–water partition coefficient (Wildman–Crippen LogP) is 3.84. The van der Waals surface area contributed by atoms with Crippen LogP contribution in [-0.4, -0.2) is 13.1 Å². The summed E-state index contributed by atoms with van der Waals surface area (Å²) in [7, 11) is 2.08. The highest BCUT2D eigenvalue weighted by atomic mass is 14.9. The van der Waals surface area contributed by atoms with Crippen LogP contribution in [0.15, 0.2) is 0 Å². The number of hydrogen-bond donors (Lipinski definition) is 1. The minimum atomic E-state index is 0.393. The summed E-state index contributed by atoms with van der Waals surface area (Å²) < 4.78 is 0. The van der Waals surface area contributed by atoms with Gasteiger partial charge in [-0.25, -0.2) is 0 Å². The first kappa shape index (κ1) is 14.0. The van der Waals surface area contributed by atoms with Crippen molar-refractivity contribution in [3.05, 3.63) is 0 Å². The third kappa shape index (κ3) is 5.64. The molecule has 14 heavy (non-hydrogen) atoms. The maximum absolute atomic E-state index is 3.43. The van der Waals surface area contributed by atoms with E-state index in [2.05, 4.69) is 47.0 Å². The Hall–Kier alpha value is -0.0400. The highest BCUT2D eigenvalue weighted by Gasteiger charge is 2.22. The molecule has 0 fully saturated rings. The smallest absolute Gasteiger partial charge is 0.0113 e. The van der Waals surface area contributed by atoms with Crippen molar-refractivity contribution in [1.82, 2.24) is 5.32 Å². The van der Waals surface area contributed by atoms with E-state index in [-0.39, 0.29) is 0 Å². The molecule has 0 aliphatic heterocycles. The molecule has 0 bridgehead atoms. The van der Waals surface area contributed by atoms with Crippen molar-refractivity contribution in [2.75, 3.05) is 7.05 Å². The molecule has 0 heterocycles. The first-order valence-electron chi connectivity index (χ1n) is 6.09. The Bertz CT molecular complexity index is 135. The molecule has 2 unspecified atom stereocenters. The molecular formula is C13H29N. The van der Waals surface area contributed by atoms with Gasteiger partial charge in [-0.15, -0.1) is 0 Å². The van der Waals surface area contributed by atoms with E-state index < -0.39 is 0 Å². The maximum atomic E-state index is 3.43. The Labute approximate surface area is 90.7 Å². The van der Waals surface area contributed by atoms with Crippen LogP contribution in [0.4, 0.5) is 0 Å². The molecule has 0 spiro atoms. The van der Waals surface area contributed by atoms with E-state index in [1.54, 1.807) is 0 Å². The second-order valence-corrected chi connectivity index (χ2v) is 5.65. The first-order chi connectivity index (χ1) is 6.41. The van der Waals surface area contributed by atoms with E-state index >= 15 is 0 Å². The SMILES string of the molecule is CCC(C)CCCC(NC)C(C)(C)C. The normalized spacial score (nSPS) is 16.7. The van der Waals surface area contributed by atoms with Crippen molar-refractivity contribution < 1.29 is 0 Å². The van der Waals surface area contributed by atoms with E-state index in [1.807, 2.05) is 0 Å². The second-order valence-electron chi connectivity index (χ2n) is 5.65. The van der Waals surface area contributed by atoms with Gasteiger partial charge in [-0.05, 0) is 24.8 Å². The molecule has 2 atom stereocenters. The van der Waals surface area contributed by atoms with Gasteiger partial charge in [-0.1, -0.05) is 53.9 Å². The Balaban J connectivity index is 3.74. The van der Waals surface area contributed by atoms with Crippen LogP contribution in [0.3, 0.4) is 0 Å². The van der Waals surface area contributed by atoms with Gasteiger partial charge in [0.15, 0.2) is 0 Å². The first-order valence-corrected chi connectivity index (χ1v) is 6.09. The molecule has 0 saturated heterocycles. The van der Waals surface area contributed by atoms with Gasteiger partial charge in [-0.2, -0.15) is 0 Å². The average molecular weight is 199 g/mol. The fourth-order valence-corrected chi connectivity index (χ4v) is 1.88. The number of hydrogen-bond acceptors (Lipinski definition) is 1. The molecule has 0 saturated carbocycles. The summed E-state index contributed by atoms with van der Waals surface area (Å²) in [5, 5.41) is 3.43. The highest BCUT2D eigenvalue weighted by molar-refractivity contribution is 4.79. The number of nitrogens with one attached hydrogen (secondary N) is 1. The van der Waals surface area contributed by atoms with Gasteiger partial charge in [0, 0.05) is 6.04 Å². The van der Waals surface area contributed by atoms with E-state index in [4.69, 9.17) is 0 Å². The number of rotatable bonds is 6. The van der Waals surface area contributed by atoms with E-state index in [1.165, 1.54) is 25.7 Å². The van der Waals surface area contributed by atoms with Gasteiger partial charge in [-0.3, -0.25) is 0 Å². The van der Waals surface area contributed by atoms with Crippen molar-refractivity contribution in [3.8, 4) is 0 Å². The molecule has 1 heteroatoms. The fourth-order valence-electron chi connectivity index (χ4n) is 1.88. The van der Waals surface area contributed by atoms with Gasteiger partial charge >= 0.3 is 0 Å². The lowest BCUT2D eigenvalue weighted by molar-refractivity contribution is 0.257. The summed E-state index contributed by atoms with van der Waals surface area (Å²) in [6, 6.07) is 0.659. The molecule has 86 valence electrons. The lowest BCUT2D eigenvalue weighted by Crippen LogP contribution is -2.37. The van der Waals surface area contributed by atoms with Gasteiger partial charge in [0.05, 0.1) is 0 Å². The largest absolute Gasteiger partial charge is 0.316 e. The van der Waals surface area contributed by atoms with E-state index in [9.17, 15) is 0 Å². The molecule has 0 amide bonds. The fraction of sp³-hybridized carbons (Fsp3) is 1.00. The summed E-state index contributed by atoms with van der Waals surface area (Å²) in [5.74, 6) is 0.896. The molecule has 0 radical (unpaired) electrons. The monoisotopic (exact) mass is 199 g/mol. The van der Waals surface area contributed by atoms with E-state index in [0.717, 1.165) is 5.92 Å². The van der Waals surface area contributed by atoms with Crippen molar-refractivity contribution >= 4 is 0 Å². The average Bonchev–Trinajstić information content (AvgIpc) is 2.09. The molecule has 0 rings (SSSR count). The molecule has 0 aromatic heterocycles. The predicted molar refractivity (Wildman–Crippen MR) is 65.6 cm³/mol. The summed E-state index contributed by atoms with van der Waals surface area (Å²) >= 11 is 0.